The summed E-state index contributed by atoms with van der Waals surface area (Å²) in [5.74, 6) is -1.32. The first-order valence-electron chi connectivity index (χ1n) is 7.96. The van der Waals surface area contributed by atoms with Crippen molar-refractivity contribution < 1.29 is 48.8 Å². The molecule has 0 aromatic rings. The second-order valence-electron chi connectivity index (χ2n) is 5.14. The molecule has 0 atom stereocenters. The molecule has 0 radical (unpaired) electrons. The fraction of sp³-hybridized carbons (Fsp3) is 0.875. The van der Waals surface area contributed by atoms with E-state index in [0.717, 1.165) is 25.7 Å². The Hall–Kier alpha value is -0.517. The van der Waals surface area contributed by atoms with Gasteiger partial charge in [0, 0.05) is 13.2 Å². The Morgan fingerprint density at radius 1 is 0.739 bits per heavy atom. The predicted molar refractivity (Wildman–Crippen MR) is 79.8 cm³/mol. The molecule has 0 saturated heterocycles. The van der Waals surface area contributed by atoms with Gasteiger partial charge in [0.15, 0.2) is 0 Å². The van der Waals surface area contributed by atoms with E-state index < -0.39 is 11.9 Å². The molecule has 0 aliphatic carbocycles. The molecule has 0 unspecified atom stereocenters. The van der Waals surface area contributed by atoms with Gasteiger partial charge >= 0.3 is 19.5 Å². The average molecular weight is 384 g/mol. The van der Waals surface area contributed by atoms with Crippen LogP contribution >= 0.6 is 0 Å². The minimum atomic E-state index is -1.14. The van der Waals surface area contributed by atoms with E-state index >= 15 is 0 Å². The molecule has 0 fully saturated rings. The largest absolute Gasteiger partial charge is 2.00 e. The van der Waals surface area contributed by atoms with E-state index in [9.17, 15) is 19.8 Å². The van der Waals surface area contributed by atoms with Gasteiger partial charge in [-0.3, -0.25) is 0 Å². The second-order valence-corrected chi connectivity index (χ2v) is 5.14. The molecular weight excluding hydrogens is 354 g/mol. The van der Waals surface area contributed by atoms with Crippen LogP contribution < -0.4 is 10.2 Å². The summed E-state index contributed by atoms with van der Waals surface area (Å²) < 4.78 is 9.75. The number of carbonyl (C=O) groups excluding carboxylic acids is 2. The number of hydrogen-bond acceptors (Lipinski definition) is 6. The van der Waals surface area contributed by atoms with Gasteiger partial charge in [-0.15, -0.1) is 0 Å². The van der Waals surface area contributed by atoms with Crippen LogP contribution in [0.1, 0.15) is 53.4 Å². The van der Waals surface area contributed by atoms with E-state index in [4.69, 9.17) is 9.47 Å². The Morgan fingerprint density at radius 3 is 1.17 bits per heavy atom. The van der Waals surface area contributed by atoms with Crippen LogP contribution in [0, 0.1) is 11.8 Å². The van der Waals surface area contributed by atoms with Crippen molar-refractivity contribution in [3.63, 3.8) is 0 Å². The van der Waals surface area contributed by atoms with Gasteiger partial charge in [-0.2, -0.15) is 0 Å². The van der Waals surface area contributed by atoms with Crippen LogP contribution in [0.5, 0.6) is 0 Å². The van der Waals surface area contributed by atoms with Gasteiger partial charge in [-0.25, -0.2) is 0 Å². The van der Waals surface area contributed by atoms with Crippen LogP contribution in [-0.2, 0) is 38.5 Å². The number of carboxylic acid groups (broad SMARTS) is 2. The van der Waals surface area contributed by atoms with Gasteiger partial charge in [-0.05, 0) is 11.8 Å². The topological polar surface area (TPSA) is 98.7 Å². The number of aliphatic carboxylic acids is 2. The second kappa shape index (κ2) is 19.5. The number of ether oxygens (including phenoxy) is 2. The molecule has 0 aromatic carbocycles. The normalized spacial score (nSPS) is 10.0. The van der Waals surface area contributed by atoms with E-state index in [2.05, 4.69) is 27.7 Å². The maximum atomic E-state index is 9.92. The van der Waals surface area contributed by atoms with Crippen molar-refractivity contribution in [3.8, 4) is 0 Å². The summed E-state index contributed by atoms with van der Waals surface area (Å²) in [7, 11) is 0. The van der Waals surface area contributed by atoms with Crippen LogP contribution in [0.2, 0.25) is 0 Å². The number of rotatable bonds is 12. The van der Waals surface area contributed by atoms with Crippen molar-refractivity contribution in [2.24, 2.45) is 11.8 Å². The third-order valence-electron chi connectivity index (χ3n) is 3.46. The van der Waals surface area contributed by atoms with Gasteiger partial charge in [-0.1, -0.05) is 53.4 Å². The van der Waals surface area contributed by atoms with Crippen molar-refractivity contribution >= 4 is 11.9 Å². The third-order valence-corrected chi connectivity index (χ3v) is 3.46. The standard InChI is InChI=1S/2C8H16O3.Zn/c2*1-3-7(4-2)5-11-6-8(9)10;/h2*7H,3-6H2,1-2H3,(H,9,10);/q;;+2/p-2. The average Bonchev–Trinajstić information content (AvgIpc) is 2.48. The molecule has 0 aromatic heterocycles. The van der Waals surface area contributed by atoms with E-state index in [1.807, 2.05) is 0 Å². The molecule has 0 bridgehead atoms. The Balaban J connectivity index is -0.000000333. The summed E-state index contributed by atoms with van der Waals surface area (Å²) in [6, 6.07) is 0. The number of carbonyl (C=O) groups is 2. The Morgan fingerprint density at radius 2 is 1.00 bits per heavy atom. The minimum Gasteiger partial charge on any atom is -0.548 e. The molecular formula is C16H30O6Zn. The number of hydrogen-bond donors (Lipinski definition) is 0. The first-order chi connectivity index (χ1) is 10.4. The van der Waals surface area contributed by atoms with Gasteiger partial charge in [0.25, 0.3) is 0 Å². The van der Waals surface area contributed by atoms with Crippen molar-refractivity contribution in [1.82, 2.24) is 0 Å². The zero-order chi connectivity index (χ0) is 17.4. The molecule has 0 rings (SSSR count). The van der Waals surface area contributed by atoms with Crippen molar-refractivity contribution in [2.75, 3.05) is 26.4 Å². The smallest absolute Gasteiger partial charge is 0.548 e. The van der Waals surface area contributed by atoms with Crippen LogP contribution in [0.3, 0.4) is 0 Å². The quantitative estimate of drug-likeness (QED) is 0.452. The molecule has 0 amide bonds. The molecule has 7 heteroatoms. The Labute approximate surface area is 152 Å². The molecule has 23 heavy (non-hydrogen) atoms. The Kier molecular flexibility index (Phi) is 23.2. The van der Waals surface area contributed by atoms with Crippen molar-refractivity contribution in [1.29, 1.82) is 0 Å². The zero-order valence-electron chi connectivity index (χ0n) is 15.0. The summed E-state index contributed by atoms with van der Waals surface area (Å²) in [5.41, 5.74) is 0. The Bertz CT molecular complexity index is 250. The predicted octanol–water partition coefficient (Wildman–Crippen LogP) is 0.376. The first kappa shape index (κ1) is 27.3. The summed E-state index contributed by atoms with van der Waals surface area (Å²) in [6.45, 7) is 8.76. The molecule has 0 aliphatic heterocycles. The molecule has 6 nitrogen and oxygen atoms in total. The van der Waals surface area contributed by atoms with Crippen molar-refractivity contribution in [3.05, 3.63) is 0 Å². The monoisotopic (exact) mass is 382 g/mol. The molecule has 0 aliphatic rings. The van der Waals surface area contributed by atoms with Crippen LogP contribution in [-0.4, -0.2) is 38.4 Å². The van der Waals surface area contributed by atoms with E-state index in [-0.39, 0.29) is 32.7 Å². The summed E-state index contributed by atoms with van der Waals surface area (Å²) in [6.07, 6.45) is 4.13. The zero-order valence-corrected chi connectivity index (χ0v) is 17.9. The van der Waals surface area contributed by atoms with Gasteiger partial charge in [0.05, 0.1) is 25.2 Å². The molecule has 132 valence electrons. The van der Waals surface area contributed by atoms with E-state index in [1.165, 1.54) is 0 Å². The van der Waals surface area contributed by atoms with Gasteiger partial charge in [0.2, 0.25) is 0 Å². The summed E-state index contributed by atoms with van der Waals surface area (Å²) in [5, 5.41) is 19.8. The molecule has 0 N–H and O–H groups in total. The molecule has 0 heterocycles. The third kappa shape index (κ3) is 21.5. The van der Waals surface area contributed by atoms with E-state index in [1.54, 1.807) is 0 Å². The molecule has 0 spiro atoms. The fourth-order valence-corrected chi connectivity index (χ4v) is 1.67. The van der Waals surface area contributed by atoms with Gasteiger partial charge < -0.3 is 29.3 Å². The molecule has 0 saturated carbocycles. The maximum absolute atomic E-state index is 9.92. The minimum absolute atomic E-state index is 0. The summed E-state index contributed by atoms with van der Waals surface area (Å²) in [4.78, 5) is 19.8. The van der Waals surface area contributed by atoms with E-state index in [0.29, 0.717) is 25.0 Å². The van der Waals surface area contributed by atoms with Gasteiger partial charge in [0.1, 0.15) is 0 Å². The van der Waals surface area contributed by atoms with Crippen molar-refractivity contribution in [2.45, 2.75) is 53.4 Å². The summed E-state index contributed by atoms with van der Waals surface area (Å²) >= 11 is 0. The van der Waals surface area contributed by atoms with Crippen LogP contribution in [0.25, 0.3) is 0 Å². The van der Waals surface area contributed by atoms with Crippen LogP contribution in [0.4, 0.5) is 0 Å². The number of carboxylic acids is 2. The SMILES string of the molecule is CCC(CC)COCC(=O)[O-].CCC(CC)COCC(=O)[O-].[Zn+2]. The first-order valence-corrected chi connectivity index (χ1v) is 7.96. The maximum Gasteiger partial charge on any atom is 2.00 e. The van der Waals surface area contributed by atoms with Crippen LogP contribution in [0.15, 0.2) is 0 Å². The fourth-order valence-electron chi connectivity index (χ4n) is 1.67.